The van der Waals surface area contributed by atoms with E-state index in [2.05, 4.69) is 26.0 Å². The number of carbonyl (C=O) groups is 2. The normalized spacial score (nSPS) is 13.4. The molecule has 0 heterocycles. The minimum atomic E-state index is -4.63. The summed E-state index contributed by atoms with van der Waals surface area (Å²) in [5.74, 6) is -0.817. The first-order valence-corrected chi connectivity index (χ1v) is 28.9. The highest BCUT2D eigenvalue weighted by Crippen LogP contribution is 2.38. The fourth-order valence-corrected chi connectivity index (χ4v) is 8.73. The number of hydrogen-bond donors (Lipinski definition) is 0. The molecule has 0 saturated heterocycles. The number of esters is 2. The van der Waals surface area contributed by atoms with Gasteiger partial charge in [0.2, 0.25) is 0 Å². The molecule has 0 radical (unpaired) electrons. The zero-order valence-electron chi connectivity index (χ0n) is 43.0. The smallest absolute Gasteiger partial charge is 0.306 e. The number of phosphoric ester groups is 1. The first-order valence-electron chi connectivity index (χ1n) is 27.4. The molecule has 0 fully saturated rings. The third-order valence-electron chi connectivity index (χ3n) is 12.3. The van der Waals surface area contributed by atoms with Gasteiger partial charge in [-0.1, -0.05) is 231 Å². The molecule has 0 aliphatic carbocycles. The maximum atomic E-state index is 12.8. The monoisotopic (exact) mass is 928 g/mol. The van der Waals surface area contributed by atoms with Crippen LogP contribution in [0.5, 0.6) is 0 Å². The van der Waals surface area contributed by atoms with E-state index in [4.69, 9.17) is 18.5 Å². The molecule has 64 heavy (non-hydrogen) atoms. The van der Waals surface area contributed by atoms with Crippen molar-refractivity contribution < 1.29 is 42.1 Å². The second-order valence-electron chi connectivity index (χ2n) is 20.0. The zero-order valence-corrected chi connectivity index (χ0v) is 43.9. The minimum absolute atomic E-state index is 0.0271. The highest BCUT2D eigenvalue weighted by atomic mass is 31.2. The van der Waals surface area contributed by atoms with E-state index in [1.54, 1.807) is 0 Å². The number of phosphoric acid groups is 1. The number of nitrogens with zero attached hydrogens (tertiary/aromatic N) is 1. The van der Waals surface area contributed by atoms with E-state index in [0.717, 1.165) is 38.5 Å². The Morgan fingerprint density at radius 2 is 0.797 bits per heavy atom. The average molecular weight is 928 g/mol. The van der Waals surface area contributed by atoms with Crippen LogP contribution in [0.15, 0.2) is 12.2 Å². The number of unbranched alkanes of at least 4 members (excludes halogenated alkanes) is 35. The Kier molecular flexibility index (Phi) is 45.9. The summed E-state index contributed by atoms with van der Waals surface area (Å²) >= 11 is 0. The number of rotatable bonds is 51. The van der Waals surface area contributed by atoms with Gasteiger partial charge >= 0.3 is 11.9 Å². The number of hydrogen-bond acceptors (Lipinski definition) is 8. The van der Waals surface area contributed by atoms with E-state index in [1.165, 1.54) is 199 Å². The molecule has 0 aromatic carbocycles. The fraction of sp³-hybridized carbons (Fsp3) is 0.926. The molecule has 0 N–H and O–H groups in total. The number of carbonyl (C=O) groups excluding carboxylic acids is 2. The van der Waals surface area contributed by atoms with Gasteiger partial charge < -0.3 is 27.9 Å². The topological polar surface area (TPSA) is 111 Å². The lowest BCUT2D eigenvalue weighted by atomic mass is 10.0. The summed E-state index contributed by atoms with van der Waals surface area (Å²) < 4.78 is 34.1. The van der Waals surface area contributed by atoms with Crippen molar-refractivity contribution in [3.05, 3.63) is 12.2 Å². The molecule has 0 aliphatic heterocycles. The second kappa shape index (κ2) is 46.8. The van der Waals surface area contributed by atoms with Crippen LogP contribution in [0.2, 0.25) is 0 Å². The lowest BCUT2D eigenvalue weighted by Crippen LogP contribution is -2.37. The zero-order chi connectivity index (χ0) is 47.1. The van der Waals surface area contributed by atoms with Crippen LogP contribution in [0, 0.1) is 0 Å². The Labute approximate surface area is 396 Å². The standard InChI is InChI=1S/C54H106NO8P/c1-6-8-10-12-14-16-18-20-22-24-26-27-29-31-33-35-37-39-41-43-45-47-54(57)63-52(51-62-64(58,59)61-49-48-55(3,4)5)50-60-53(56)46-44-42-40-38-36-34-32-30-28-25-23-21-19-17-15-13-11-9-7-2/h20,22,52H,6-19,21,23-51H2,1-5H3/b22-20+/t52-/m1/s1. The van der Waals surface area contributed by atoms with E-state index in [-0.39, 0.29) is 32.0 Å². The van der Waals surface area contributed by atoms with Crippen LogP contribution in [0.3, 0.4) is 0 Å². The summed E-state index contributed by atoms with van der Waals surface area (Å²) in [5, 5.41) is 0. The molecule has 0 spiro atoms. The summed E-state index contributed by atoms with van der Waals surface area (Å²) in [5.41, 5.74) is 0. The largest absolute Gasteiger partial charge is 0.756 e. The highest BCUT2D eigenvalue weighted by Gasteiger charge is 2.21. The fourth-order valence-electron chi connectivity index (χ4n) is 8.01. The van der Waals surface area contributed by atoms with Gasteiger partial charge in [0, 0.05) is 12.8 Å². The molecule has 10 heteroatoms. The predicted octanol–water partition coefficient (Wildman–Crippen LogP) is 15.8. The lowest BCUT2D eigenvalue weighted by molar-refractivity contribution is -0.870. The molecule has 9 nitrogen and oxygen atoms in total. The molecule has 0 aliphatic rings. The molecule has 2 atom stereocenters. The van der Waals surface area contributed by atoms with Crippen LogP contribution in [0.4, 0.5) is 0 Å². The van der Waals surface area contributed by atoms with E-state index in [9.17, 15) is 19.0 Å². The van der Waals surface area contributed by atoms with Crippen molar-refractivity contribution in [1.29, 1.82) is 0 Å². The average Bonchev–Trinajstić information content (AvgIpc) is 3.25. The summed E-state index contributed by atoms with van der Waals surface area (Å²) in [4.78, 5) is 37.8. The van der Waals surface area contributed by atoms with Gasteiger partial charge in [-0.15, -0.1) is 0 Å². The summed E-state index contributed by atoms with van der Waals surface area (Å²) in [7, 11) is 1.18. The third-order valence-corrected chi connectivity index (χ3v) is 13.2. The van der Waals surface area contributed by atoms with Gasteiger partial charge in [-0.2, -0.15) is 0 Å². The van der Waals surface area contributed by atoms with Crippen LogP contribution < -0.4 is 4.89 Å². The molecular formula is C54H106NO8P. The molecule has 0 amide bonds. The van der Waals surface area contributed by atoms with Crippen molar-refractivity contribution in [2.45, 2.75) is 277 Å². The van der Waals surface area contributed by atoms with E-state index < -0.39 is 26.5 Å². The summed E-state index contributed by atoms with van der Waals surface area (Å²) in [6.07, 6.45) is 52.4. The number of allylic oxidation sites excluding steroid dienone is 2. The van der Waals surface area contributed by atoms with E-state index in [1.807, 2.05) is 21.1 Å². The van der Waals surface area contributed by atoms with Crippen LogP contribution in [0.1, 0.15) is 271 Å². The van der Waals surface area contributed by atoms with Gasteiger partial charge in [0.15, 0.2) is 6.10 Å². The molecule has 0 rings (SSSR count). The minimum Gasteiger partial charge on any atom is -0.756 e. The molecule has 0 aromatic rings. The van der Waals surface area contributed by atoms with Crippen LogP contribution in [-0.2, 0) is 32.7 Å². The quantitative estimate of drug-likeness (QED) is 0.0195. The number of ether oxygens (including phenoxy) is 2. The predicted molar refractivity (Wildman–Crippen MR) is 268 cm³/mol. The third kappa shape index (κ3) is 50.2. The first-order chi connectivity index (χ1) is 31.0. The van der Waals surface area contributed by atoms with Crippen molar-refractivity contribution in [2.75, 3.05) is 47.5 Å². The van der Waals surface area contributed by atoms with Crippen molar-refractivity contribution >= 4 is 19.8 Å². The Bertz CT molecular complexity index is 1100. The van der Waals surface area contributed by atoms with Crippen LogP contribution in [0.25, 0.3) is 0 Å². The SMILES string of the molecule is CCCCCCCC/C=C/CCCCCCCCCCCCCC(=O)O[C@H](COC(=O)CCCCCCCCCCCCCCCCCCCCC)COP(=O)([O-])OCC[N+](C)(C)C. The van der Waals surface area contributed by atoms with Gasteiger partial charge in [-0.3, -0.25) is 14.2 Å². The van der Waals surface area contributed by atoms with Gasteiger partial charge in [-0.05, 0) is 38.5 Å². The highest BCUT2D eigenvalue weighted by molar-refractivity contribution is 7.45. The van der Waals surface area contributed by atoms with Crippen molar-refractivity contribution in [1.82, 2.24) is 0 Å². The van der Waals surface area contributed by atoms with Gasteiger partial charge in [0.05, 0.1) is 27.7 Å². The first kappa shape index (κ1) is 62.8. The molecule has 0 aromatic heterocycles. The van der Waals surface area contributed by atoms with Gasteiger partial charge in [0.1, 0.15) is 19.8 Å². The Hall–Kier alpha value is -1.25. The van der Waals surface area contributed by atoms with Crippen molar-refractivity contribution in [2.24, 2.45) is 0 Å². The Balaban J connectivity index is 4.17. The lowest BCUT2D eigenvalue weighted by Gasteiger charge is -2.28. The van der Waals surface area contributed by atoms with Crippen molar-refractivity contribution in [3.8, 4) is 0 Å². The van der Waals surface area contributed by atoms with Crippen LogP contribution in [-0.4, -0.2) is 70.0 Å². The van der Waals surface area contributed by atoms with Crippen LogP contribution >= 0.6 is 7.82 Å². The molecule has 380 valence electrons. The van der Waals surface area contributed by atoms with E-state index >= 15 is 0 Å². The number of likely N-dealkylation sites (N-methyl/N-ethyl adjacent to an activating group) is 1. The molecule has 1 unspecified atom stereocenters. The maximum absolute atomic E-state index is 12.8. The van der Waals surface area contributed by atoms with Gasteiger partial charge in [0.25, 0.3) is 7.82 Å². The Morgan fingerprint density at radius 1 is 0.469 bits per heavy atom. The molecular weight excluding hydrogens is 822 g/mol. The molecule has 0 bridgehead atoms. The summed E-state index contributed by atoms with van der Waals surface area (Å²) in [6.45, 7) is 4.29. The van der Waals surface area contributed by atoms with Gasteiger partial charge in [-0.25, -0.2) is 0 Å². The molecule has 0 saturated carbocycles. The second-order valence-corrected chi connectivity index (χ2v) is 21.4. The maximum Gasteiger partial charge on any atom is 0.306 e. The summed E-state index contributed by atoms with van der Waals surface area (Å²) in [6, 6.07) is 0. The van der Waals surface area contributed by atoms with E-state index in [0.29, 0.717) is 17.4 Å². The Morgan fingerprint density at radius 3 is 1.16 bits per heavy atom. The number of quaternary nitrogens is 1. The van der Waals surface area contributed by atoms with Crippen molar-refractivity contribution in [3.63, 3.8) is 0 Å².